The standard InChI is InChI=1S/C16H17N3.C2H6/c1-4-13-10-17-16-14(18-13)9-15(19(16)3)12-7-5-11(2)6-8-12;1-2/h5-10H,4H2,1-3H3;1-2H3. The van der Waals surface area contributed by atoms with Gasteiger partial charge in [-0.1, -0.05) is 50.6 Å². The van der Waals surface area contributed by atoms with E-state index in [-0.39, 0.29) is 0 Å². The monoisotopic (exact) mass is 281 g/mol. The molecule has 3 aromatic rings. The fraction of sp³-hybridized carbons (Fsp3) is 0.333. The highest BCUT2D eigenvalue weighted by Crippen LogP contribution is 2.25. The molecule has 0 saturated carbocycles. The summed E-state index contributed by atoms with van der Waals surface area (Å²) in [6.45, 7) is 8.20. The van der Waals surface area contributed by atoms with E-state index in [2.05, 4.69) is 58.7 Å². The lowest BCUT2D eigenvalue weighted by molar-refractivity contribution is 0.944. The number of fused-ring (bicyclic) bond motifs is 1. The molecule has 0 saturated heterocycles. The molecule has 3 nitrogen and oxygen atoms in total. The predicted octanol–water partition coefficient (Wildman–Crippen LogP) is 4.53. The van der Waals surface area contributed by atoms with Crippen molar-refractivity contribution in [3.8, 4) is 11.3 Å². The SMILES string of the molecule is CC.CCc1cnc2c(cc(-c3ccc(C)cc3)n2C)n1. The Morgan fingerprint density at radius 2 is 1.76 bits per heavy atom. The molecule has 0 atom stereocenters. The number of hydrogen-bond donors (Lipinski definition) is 0. The van der Waals surface area contributed by atoms with Crippen molar-refractivity contribution >= 4 is 11.2 Å². The highest BCUT2D eigenvalue weighted by atomic mass is 15.0. The molecule has 2 heterocycles. The van der Waals surface area contributed by atoms with E-state index >= 15 is 0 Å². The molecule has 110 valence electrons. The van der Waals surface area contributed by atoms with Crippen LogP contribution in [0.3, 0.4) is 0 Å². The molecule has 21 heavy (non-hydrogen) atoms. The van der Waals surface area contributed by atoms with E-state index in [1.165, 1.54) is 11.1 Å². The Morgan fingerprint density at radius 1 is 1.10 bits per heavy atom. The molecule has 3 rings (SSSR count). The summed E-state index contributed by atoms with van der Waals surface area (Å²) in [6.07, 6.45) is 2.78. The average molecular weight is 281 g/mol. The molecule has 0 radical (unpaired) electrons. The fourth-order valence-corrected chi connectivity index (χ4v) is 2.30. The van der Waals surface area contributed by atoms with E-state index < -0.39 is 0 Å². The van der Waals surface area contributed by atoms with Gasteiger partial charge in [0.05, 0.1) is 17.6 Å². The zero-order valence-corrected chi connectivity index (χ0v) is 13.5. The van der Waals surface area contributed by atoms with E-state index in [0.717, 1.165) is 29.0 Å². The van der Waals surface area contributed by atoms with Crippen molar-refractivity contribution in [2.75, 3.05) is 0 Å². The van der Waals surface area contributed by atoms with Crippen LogP contribution in [0.5, 0.6) is 0 Å². The van der Waals surface area contributed by atoms with Crippen LogP contribution < -0.4 is 0 Å². The first-order valence-corrected chi connectivity index (χ1v) is 7.57. The second-order valence-electron chi connectivity index (χ2n) is 4.88. The van der Waals surface area contributed by atoms with Gasteiger partial charge in [-0.2, -0.15) is 0 Å². The van der Waals surface area contributed by atoms with Crippen molar-refractivity contribution in [1.82, 2.24) is 14.5 Å². The lowest BCUT2D eigenvalue weighted by Gasteiger charge is -2.04. The Bertz CT molecular complexity index is 724. The topological polar surface area (TPSA) is 30.7 Å². The molecule has 0 aliphatic heterocycles. The Kier molecular flexibility index (Phi) is 4.73. The summed E-state index contributed by atoms with van der Waals surface area (Å²) < 4.78 is 2.10. The maximum Gasteiger partial charge on any atom is 0.158 e. The minimum absolute atomic E-state index is 0.914. The normalized spacial score (nSPS) is 10.3. The van der Waals surface area contributed by atoms with Gasteiger partial charge in [0.25, 0.3) is 0 Å². The number of aryl methyl sites for hydroxylation is 3. The summed E-state index contributed by atoms with van der Waals surface area (Å²) in [5.74, 6) is 0. The largest absolute Gasteiger partial charge is 0.327 e. The molecule has 0 aliphatic rings. The summed E-state index contributed by atoms with van der Waals surface area (Å²) in [4.78, 5) is 9.15. The molecule has 0 unspecified atom stereocenters. The zero-order valence-electron chi connectivity index (χ0n) is 13.5. The van der Waals surface area contributed by atoms with Gasteiger partial charge in [0.1, 0.15) is 5.52 Å². The maximum atomic E-state index is 4.63. The first-order chi connectivity index (χ1) is 10.2. The first-order valence-electron chi connectivity index (χ1n) is 7.57. The van der Waals surface area contributed by atoms with Crippen molar-refractivity contribution < 1.29 is 0 Å². The third kappa shape index (κ3) is 2.97. The van der Waals surface area contributed by atoms with Gasteiger partial charge in [-0.05, 0) is 25.0 Å². The Morgan fingerprint density at radius 3 is 2.38 bits per heavy atom. The van der Waals surface area contributed by atoms with Crippen LogP contribution in [0.1, 0.15) is 32.0 Å². The van der Waals surface area contributed by atoms with Gasteiger partial charge in [-0.15, -0.1) is 0 Å². The van der Waals surface area contributed by atoms with Gasteiger partial charge >= 0.3 is 0 Å². The van der Waals surface area contributed by atoms with Crippen LogP contribution in [0.25, 0.3) is 22.4 Å². The molecule has 3 heteroatoms. The second kappa shape index (κ2) is 6.53. The number of hydrogen-bond acceptors (Lipinski definition) is 2. The van der Waals surface area contributed by atoms with Gasteiger partial charge in [-0.3, -0.25) is 0 Å². The minimum atomic E-state index is 0.914. The Balaban J connectivity index is 0.000000774. The van der Waals surface area contributed by atoms with Crippen molar-refractivity contribution in [3.05, 3.63) is 47.8 Å². The molecule has 0 N–H and O–H groups in total. The predicted molar refractivity (Wildman–Crippen MR) is 89.4 cm³/mol. The van der Waals surface area contributed by atoms with E-state index in [1.54, 1.807) is 0 Å². The fourth-order valence-electron chi connectivity index (χ4n) is 2.30. The minimum Gasteiger partial charge on any atom is -0.327 e. The highest BCUT2D eigenvalue weighted by Gasteiger charge is 2.10. The third-order valence-corrected chi connectivity index (χ3v) is 3.49. The van der Waals surface area contributed by atoms with Crippen molar-refractivity contribution in [1.29, 1.82) is 0 Å². The number of rotatable bonds is 2. The van der Waals surface area contributed by atoms with Gasteiger partial charge in [0, 0.05) is 7.05 Å². The first kappa shape index (κ1) is 15.2. The Labute approximate surface area is 126 Å². The van der Waals surface area contributed by atoms with E-state index in [0.29, 0.717) is 0 Å². The smallest absolute Gasteiger partial charge is 0.158 e. The summed E-state index contributed by atoms with van der Waals surface area (Å²) in [7, 11) is 2.04. The van der Waals surface area contributed by atoms with Gasteiger partial charge in [0.2, 0.25) is 0 Å². The van der Waals surface area contributed by atoms with Crippen LogP contribution in [-0.4, -0.2) is 14.5 Å². The number of benzene rings is 1. The average Bonchev–Trinajstić information content (AvgIpc) is 2.86. The van der Waals surface area contributed by atoms with E-state index in [9.17, 15) is 0 Å². The quantitative estimate of drug-likeness (QED) is 0.691. The van der Waals surface area contributed by atoms with Gasteiger partial charge < -0.3 is 4.57 Å². The zero-order chi connectivity index (χ0) is 15.4. The summed E-state index contributed by atoms with van der Waals surface area (Å²) in [5.41, 5.74) is 6.57. The van der Waals surface area contributed by atoms with Crippen molar-refractivity contribution in [2.45, 2.75) is 34.1 Å². The van der Waals surface area contributed by atoms with Crippen LogP contribution in [0.2, 0.25) is 0 Å². The molecule has 1 aromatic carbocycles. The summed E-state index contributed by atoms with van der Waals surface area (Å²) in [5, 5.41) is 0. The van der Waals surface area contributed by atoms with Crippen LogP contribution in [-0.2, 0) is 13.5 Å². The number of nitrogens with zero attached hydrogens (tertiary/aromatic N) is 3. The Hall–Kier alpha value is -2.16. The molecule has 0 aliphatic carbocycles. The molecule has 0 fully saturated rings. The van der Waals surface area contributed by atoms with Crippen molar-refractivity contribution in [2.24, 2.45) is 7.05 Å². The number of aromatic nitrogens is 3. The summed E-state index contributed by atoms with van der Waals surface area (Å²) in [6, 6.07) is 10.7. The summed E-state index contributed by atoms with van der Waals surface area (Å²) >= 11 is 0. The second-order valence-corrected chi connectivity index (χ2v) is 4.88. The molecule has 2 aromatic heterocycles. The van der Waals surface area contributed by atoms with Crippen LogP contribution in [0, 0.1) is 6.92 Å². The highest BCUT2D eigenvalue weighted by molar-refractivity contribution is 5.80. The van der Waals surface area contributed by atoms with Crippen LogP contribution >= 0.6 is 0 Å². The van der Waals surface area contributed by atoms with Crippen molar-refractivity contribution in [3.63, 3.8) is 0 Å². The van der Waals surface area contributed by atoms with E-state index in [1.807, 2.05) is 27.1 Å². The molecule has 0 bridgehead atoms. The lowest BCUT2D eigenvalue weighted by Crippen LogP contribution is -1.95. The van der Waals surface area contributed by atoms with E-state index in [4.69, 9.17) is 0 Å². The molecular formula is C18H23N3. The molecule has 0 spiro atoms. The van der Waals surface area contributed by atoms with Gasteiger partial charge in [0.15, 0.2) is 5.65 Å². The maximum absolute atomic E-state index is 4.63. The van der Waals surface area contributed by atoms with Crippen LogP contribution in [0.15, 0.2) is 36.5 Å². The lowest BCUT2D eigenvalue weighted by atomic mass is 10.1. The molecule has 0 amide bonds. The van der Waals surface area contributed by atoms with Crippen LogP contribution in [0.4, 0.5) is 0 Å². The van der Waals surface area contributed by atoms with Gasteiger partial charge in [-0.25, -0.2) is 9.97 Å². The third-order valence-electron chi connectivity index (χ3n) is 3.49. The molecular weight excluding hydrogens is 258 g/mol.